The number of benzene rings is 9. The molecule has 0 N–H and O–H groups in total. The second-order valence-electron chi connectivity index (χ2n) is 14.0. The Morgan fingerprint density at radius 2 is 0.788 bits per heavy atom. The maximum atomic E-state index is 3.84. The third-order valence-electron chi connectivity index (χ3n) is 10.9. The summed E-state index contributed by atoms with van der Waals surface area (Å²) in [4.78, 5) is 0. The number of halogens is 2. The molecule has 0 radical (unpaired) electrons. The summed E-state index contributed by atoms with van der Waals surface area (Å²) in [5.74, 6) is 0. The van der Waals surface area contributed by atoms with Crippen molar-refractivity contribution < 1.29 is 0 Å². The SMILES string of the molecule is Cc1ccc(-c2cc3c(sc4cccc5c4c3c3cccc4sc6c7cc(Br)ccc7c(-c7ccc(C)cc7)cc6c5c43)c3cc(Br)ccc23)cc1. The molecule has 0 aliphatic carbocycles. The van der Waals surface area contributed by atoms with Crippen LogP contribution < -0.4 is 0 Å². The van der Waals surface area contributed by atoms with Crippen LogP contribution in [-0.4, -0.2) is 0 Å². The standard InChI is InChI=1S/C48H28Br2S2/c1-25-9-13-27(14-10-25)35-23-39-43-33-5-3-8-42-46(33)44(34-6-4-7-41(45(34)43)51-47(39)37-21-29(49)17-19-31(35)37)40-24-36(28-15-11-26(2)12-16-28)32-20-18-30(50)22-38(32)48(40)52-42/h3-24H,1-2H3. The van der Waals surface area contributed by atoms with E-state index in [-0.39, 0.29) is 0 Å². The van der Waals surface area contributed by atoms with Crippen LogP contribution in [0.1, 0.15) is 11.1 Å². The topological polar surface area (TPSA) is 0 Å². The molecule has 4 heteroatoms. The summed E-state index contributed by atoms with van der Waals surface area (Å²) in [6, 6.07) is 50.5. The van der Waals surface area contributed by atoms with E-state index in [1.807, 2.05) is 22.7 Å². The molecule has 52 heavy (non-hydrogen) atoms. The quantitative estimate of drug-likeness (QED) is 0.120. The van der Waals surface area contributed by atoms with Crippen LogP contribution in [-0.2, 0) is 0 Å². The molecule has 0 atom stereocenters. The highest BCUT2D eigenvalue weighted by atomic mass is 79.9. The normalized spacial score (nSPS) is 12.2. The Kier molecular flexibility index (Phi) is 6.83. The highest BCUT2D eigenvalue weighted by Gasteiger charge is 2.22. The number of hydrogen-bond acceptors (Lipinski definition) is 2. The van der Waals surface area contributed by atoms with Gasteiger partial charge in [0.2, 0.25) is 0 Å². The first kappa shape index (κ1) is 31.0. The lowest BCUT2D eigenvalue weighted by atomic mass is 9.88. The lowest BCUT2D eigenvalue weighted by Crippen LogP contribution is -1.91. The van der Waals surface area contributed by atoms with Crippen LogP contribution in [0.5, 0.6) is 0 Å². The van der Waals surface area contributed by atoms with Gasteiger partial charge < -0.3 is 0 Å². The van der Waals surface area contributed by atoms with Crippen molar-refractivity contribution in [1.29, 1.82) is 0 Å². The summed E-state index contributed by atoms with van der Waals surface area (Å²) in [5.41, 5.74) is 7.58. The third kappa shape index (κ3) is 4.48. The smallest absolute Gasteiger partial charge is 0.0434 e. The first-order valence-electron chi connectivity index (χ1n) is 17.5. The molecule has 0 spiro atoms. The van der Waals surface area contributed by atoms with E-state index in [0.29, 0.717) is 0 Å². The van der Waals surface area contributed by atoms with Crippen molar-refractivity contribution in [2.75, 3.05) is 0 Å². The first-order chi connectivity index (χ1) is 25.4. The van der Waals surface area contributed by atoms with Crippen molar-refractivity contribution in [2.45, 2.75) is 13.8 Å². The second kappa shape index (κ2) is 11.5. The maximum Gasteiger partial charge on any atom is 0.0434 e. The Labute approximate surface area is 325 Å². The molecule has 0 aliphatic rings. The average molecular weight is 829 g/mol. The summed E-state index contributed by atoms with van der Waals surface area (Å²) in [6.07, 6.45) is 0. The molecular weight excluding hydrogens is 800 g/mol. The molecule has 0 saturated heterocycles. The summed E-state index contributed by atoms with van der Waals surface area (Å²) < 4.78 is 7.48. The molecule has 0 nitrogen and oxygen atoms in total. The van der Waals surface area contributed by atoms with Gasteiger partial charge >= 0.3 is 0 Å². The second-order valence-corrected chi connectivity index (χ2v) is 18.0. The van der Waals surface area contributed by atoms with Gasteiger partial charge in [-0.3, -0.25) is 0 Å². The maximum absolute atomic E-state index is 3.84. The van der Waals surface area contributed by atoms with Crippen molar-refractivity contribution in [3.05, 3.63) is 154 Å². The molecule has 9 aromatic carbocycles. The van der Waals surface area contributed by atoms with Crippen molar-refractivity contribution in [3.63, 3.8) is 0 Å². The Morgan fingerprint density at radius 1 is 0.365 bits per heavy atom. The van der Waals surface area contributed by atoms with Crippen LogP contribution in [0.15, 0.2) is 142 Å². The number of fused-ring (bicyclic) bond motifs is 10. The van der Waals surface area contributed by atoms with Gasteiger partial charge in [0.25, 0.3) is 0 Å². The Hall–Kier alpha value is -4.58. The van der Waals surface area contributed by atoms with Gasteiger partial charge in [-0.2, -0.15) is 0 Å². The van der Waals surface area contributed by atoms with Crippen LogP contribution in [0, 0.1) is 13.8 Å². The summed E-state index contributed by atoms with van der Waals surface area (Å²) in [6.45, 7) is 4.32. The van der Waals surface area contributed by atoms with Crippen molar-refractivity contribution in [1.82, 2.24) is 0 Å². The largest absolute Gasteiger partial charge is 0.135 e. The number of rotatable bonds is 2. The molecular formula is C48H28Br2S2. The zero-order valence-corrected chi connectivity index (χ0v) is 33.1. The van der Waals surface area contributed by atoms with Crippen LogP contribution in [0.3, 0.4) is 0 Å². The zero-order valence-electron chi connectivity index (χ0n) is 28.3. The molecule has 0 saturated carbocycles. The Bertz CT molecular complexity index is 3090. The minimum absolute atomic E-state index is 1.10. The van der Waals surface area contributed by atoms with E-state index in [1.165, 1.54) is 117 Å². The van der Waals surface area contributed by atoms with Crippen LogP contribution in [0.4, 0.5) is 0 Å². The van der Waals surface area contributed by atoms with Crippen molar-refractivity contribution in [3.8, 4) is 22.3 Å². The molecule has 11 aromatic rings. The monoisotopic (exact) mass is 826 g/mol. The van der Waals surface area contributed by atoms with Crippen molar-refractivity contribution >= 4 is 138 Å². The zero-order chi connectivity index (χ0) is 34.8. The van der Waals surface area contributed by atoms with E-state index >= 15 is 0 Å². The van der Waals surface area contributed by atoms with Gasteiger partial charge in [-0.1, -0.05) is 128 Å². The van der Waals surface area contributed by atoms with Gasteiger partial charge in [0.05, 0.1) is 0 Å². The predicted octanol–water partition coefficient (Wildman–Crippen LogP) is 16.5. The van der Waals surface area contributed by atoms with Gasteiger partial charge in [-0.05, 0) is 106 Å². The lowest BCUT2D eigenvalue weighted by Gasteiger charge is -2.20. The van der Waals surface area contributed by atoms with E-state index in [1.54, 1.807) is 0 Å². The predicted molar refractivity (Wildman–Crippen MR) is 238 cm³/mol. The molecule has 0 bridgehead atoms. The fraction of sp³-hybridized carbons (Fsp3) is 0.0417. The summed E-state index contributed by atoms with van der Waals surface area (Å²) in [7, 11) is 0. The molecule has 246 valence electrons. The molecule has 2 heterocycles. The highest BCUT2D eigenvalue weighted by molar-refractivity contribution is 9.10. The Balaban J connectivity index is 1.38. The van der Waals surface area contributed by atoms with Gasteiger partial charge in [0.15, 0.2) is 0 Å². The minimum atomic E-state index is 1.10. The van der Waals surface area contributed by atoms with Crippen molar-refractivity contribution in [2.24, 2.45) is 0 Å². The molecule has 0 unspecified atom stereocenters. The molecule has 0 aliphatic heterocycles. The van der Waals surface area contributed by atoms with E-state index in [2.05, 4.69) is 179 Å². The van der Waals surface area contributed by atoms with Gasteiger partial charge in [-0.25, -0.2) is 0 Å². The third-order valence-corrected chi connectivity index (χ3v) is 14.3. The lowest BCUT2D eigenvalue weighted by molar-refractivity contribution is 1.47. The molecule has 11 rings (SSSR count). The van der Waals surface area contributed by atoms with E-state index < -0.39 is 0 Å². The van der Waals surface area contributed by atoms with Crippen LogP contribution >= 0.6 is 54.5 Å². The van der Waals surface area contributed by atoms with E-state index in [4.69, 9.17) is 0 Å². The molecule has 0 amide bonds. The summed E-state index contributed by atoms with van der Waals surface area (Å²) >= 11 is 11.5. The Morgan fingerprint density at radius 3 is 1.21 bits per heavy atom. The molecule has 0 fully saturated rings. The highest BCUT2D eigenvalue weighted by Crippen LogP contribution is 2.52. The van der Waals surface area contributed by atoms with E-state index in [9.17, 15) is 0 Å². The van der Waals surface area contributed by atoms with Gasteiger partial charge in [-0.15, -0.1) is 22.7 Å². The van der Waals surface area contributed by atoms with Crippen LogP contribution in [0.2, 0.25) is 0 Å². The fourth-order valence-corrected chi connectivity index (χ4v) is 11.7. The first-order valence-corrected chi connectivity index (χ1v) is 20.7. The minimum Gasteiger partial charge on any atom is -0.135 e. The van der Waals surface area contributed by atoms with Crippen LogP contribution in [0.25, 0.3) is 106 Å². The number of hydrogen-bond donors (Lipinski definition) is 0. The van der Waals surface area contributed by atoms with Gasteiger partial charge in [0.1, 0.15) is 0 Å². The molecule has 2 aromatic heterocycles. The average Bonchev–Trinajstić information content (AvgIpc) is 3.16. The number of aryl methyl sites for hydroxylation is 2. The van der Waals surface area contributed by atoms with E-state index in [0.717, 1.165) is 8.95 Å². The summed E-state index contributed by atoms with van der Waals surface area (Å²) in [5, 5.41) is 15.8. The fourth-order valence-electron chi connectivity index (χ4n) is 8.49. The van der Waals surface area contributed by atoms with Gasteiger partial charge in [0, 0.05) is 70.8 Å².